The third-order valence-electron chi connectivity index (χ3n) is 4.13. The maximum Gasteiger partial charge on any atom is 0.177 e. The van der Waals surface area contributed by atoms with Gasteiger partial charge in [-0.15, -0.1) is 11.3 Å². The number of methoxy groups -OCH3 is 1. The van der Waals surface area contributed by atoms with E-state index >= 15 is 0 Å². The molecule has 2 unspecified atom stereocenters. The number of nitrogens with zero attached hydrogens (tertiary/aromatic N) is 2. The lowest BCUT2D eigenvalue weighted by Crippen LogP contribution is -2.44. The van der Waals surface area contributed by atoms with Gasteiger partial charge in [0.05, 0.1) is 13.2 Å². The summed E-state index contributed by atoms with van der Waals surface area (Å²) in [6.45, 7) is 0. The van der Waals surface area contributed by atoms with Crippen molar-refractivity contribution in [3.8, 4) is 11.8 Å². The van der Waals surface area contributed by atoms with E-state index < -0.39 is 0 Å². The van der Waals surface area contributed by atoms with E-state index in [0.29, 0.717) is 28.4 Å². The zero-order valence-corrected chi connectivity index (χ0v) is 11.6. The van der Waals surface area contributed by atoms with Crippen LogP contribution in [0.2, 0.25) is 0 Å². The molecule has 2 atom stereocenters. The number of nitrogens with two attached hydrogens (primary N) is 1. The van der Waals surface area contributed by atoms with E-state index in [2.05, 4.69) is 11.0 Å². The van der Waals surface area contributed by atoms with Crippen molar-refractivity contribution in [3.63, 3.8) is 0 Å². The van der Waals surface area contributed by atoms with Crippen molar-refractivity contribution in [2.45, 2.75) is 43.9 Å². The van der Waals surface area contributed by atoms with Crippen molar-refractivity contribution in [1.82, 2.24) is 0 Å². The highest BCUT2D eigenvalue weighted by atomic mass is 32.1. The molecule has 0 amide bonds. The number of ether oxygens (including phenoxy) is 1. The standard InChI is InChI=1S/C13H17N3O2S/c1-18-12-11(15)10(6-14)19-13(12)16-7-2-3-8(16)5-9(17)4-7/h7-9,17H,2-5,15H2,1H3. The molecule has 2 aliphatic heterocycles. The predicted octanol–water partition coefficient (Wildman–Crippen LogP) is 1.70. The third-order valence-corrected chi connectivity index (χ3v) is 5.24. The lowest BCUT2D eigenvalue weighted by Gasteiger charge is -2.38. The molecular formula is C13H17N3O2S. The molecule has 102 valence electrons. The lowest BCUT2D eigenvalue weighted by molar-refractivity contribution is 0.126. The summed E-state index contributed by atoms with van der Waals surface area (Å²) < 4.78 is 5.39. The van der Waals surface area contributed by atoms with E-state index in [-0.39, 0.29) is 6.10 Å². The Morgan fingerprint density at radius 3 is 2.58 bits per heavy atom. The summed E-state index contributed by atoms with van der Waals surface area (Å²) in [6.07, 6.45) is 3.56. The number of piperidine rings is 1. The first-order valence-electron chi connectivity index (χ1n) is 6.48. The number of rotatable bonds is 2. The molecule has 2 fully saturated rings. The number of hydrogen-bond acceptors (Lipinski definition) is 6. The van der Waals surface area contributed by atoms with E-state index in [1.807, 2.05) is 0 Å². The number of aliphatic hydroxyl groups excluding tert-OH is 1. The van der Waals surface area contributed by atoms with Gasteiger partial charge in [-0.2, -0.15) is 5.26 Å². The fourth-order valence-electron chi connectivity index (χ4n) is 3.35. The van der Waals surface area contributed by atoms with Crippen LogP contribution in [-0.2, 0) is 0 Å². The number of hydrogen-bond donors (Lipinski definition) is 2. The number of nitrogen functional groups attached to an aromatic ring is 1. The summed E-state index contributed by atoms with van der Waals surface area (Å²) in [4.78, 5) is 2.82. The Hall–Kier alpha value is -1.45. The summed E-state index contributed by atoms with van der Waals surface area (Å²) in [5.41, 5.74) is 6.40. The topological polar surface area (TPSA) is 82.5 Å². The molecule has 6 heteroatoms. The minimum absolute atomic E-state index is 0.201. The summed E-state index contributed by atoms with van der Waals surface area (Å²) >= 11 is 1.40. The SMILES string of the molecule is COc1c(N2C3CCC2CC(O)C3)sc(C#N)c1N. The molecule has 0 aromatic carbocycles. The fraction of sp³-hybridized carbons (Fsp3) is 0.615. The van der Waals surface area contributed by atoms with E-state index in [1.54, 1.807) is 7.11 Å². The van der Waals surface area contributed by atoms with E-state index in [0.717, 1.165) is 30.7 Å². The van der Waals surface area contributed by atoms with E-state index in [1.165, 1.54) is 11.3 Å². The van der Waals surface area contributed by atoms with Crippen molar-refractivity contribution in [3.05, 3.63) is 4.88 Å². The minimum atomic E-state index is -0.201. The van der Waals surface area contributed by atoms with Crippen LogP contribution < -0.4 is 15.4 Å². The molecule has 3 N–H and O–H groups in total. The van der Waals surface area contributed by atoms with Crippen LogP contribution in [0.15, 0.2) is 0 Å². The molecule has 0 saturated carbocycles. The summed E-state index contributed by atoms with van der Waals surface area (Å²) in [5.74, 6) is 0.620. The molecule has 0 aliphatic carbocycles. The Balaban J connectivity index is 2.01. The first-order chi connectivity index (χ1) is 9.15. The molecule has 3 heterocycles. The molecule has 19 heavy (non-hydrogen) atoms. The summed E-state index contributed by atoms with van der Waals surface area (Å²) in [6, 6.07) is 2.81. The van der Waals surface area contributed by atoms with Crippen molar-refractivity contribution >= 4 is 22.0 Å². The Morgan fingerprint density at radius 1 is 1.42 bits per heavy atom. The highest BCUT2D eigenvalue weighted by molar-refractivity contribution is 7.17. The number of thiophene rings is 1. The van der Waals surface area contributed by atoms with Crippen molar-refractivity contribution in [1.29, 1.82) is 5.26 Å². The van der Waals surface area contributed by atoms with Gasteiger partial charge in [-0.25, -0.2) is 0 Å². The zero-order valence-electron chi connectivity index (χ0n) is 10.8. The Kier molecular flexibility index (Phi) is 3.03. The van der Waals surface area contributed by atoms with Gasteiger partial charge in [0, 0.05) is 12.1 Å². The van der Waals surface area contributed by atoms with Gasteiger partial charge in [-0.05, 0) is 25.7 Å². The average molecular weight is 279 g/mol. The largest absolute Gasteiger partial charge is 0.492 e. The van der Waals surface area contributed by atoms with Crippen LogP contribution in [0.4, 0.5) is 10.7 Å². The molecule has 2 saturated heterocycles. The molecule has 2 bridgehead atoms. The van der Waals surface area contributed by atoms with Gasteiger partial charge in [0.2, 0.25) is 0 Å². The third kappa shape index (κ3) is 1.85. The highest BCUT2D eigenvalue weighted by Crippen LogP contribution is 2.50. The predicted molar refractivity (Wildman–Crippen MR) is 74.5 cm³/mol. The second-order valence-corrected chi connectivity index (χ2v) is 6.21. The van der Waals surface area contributed by atoms with Gasteiger partial charge >= 0.3 is 0 Å². The Morgan fingerprint density at radius 2 is 2.05 bits per heavy atom. The Bertz CT molecular complexity index is 523. The number of fused-ring (bicyclic) bond motifs is 2. The van der Waals surface area contributed by atoms with E-state index in [9.17, 15) is 5.11 Å². The lowest BCUT2D eigenvalue weighted by atomic mass is 10.0. The quantitative estimate of drug-likeness (QED) is 0.861. The Labute approximate surface area is 116 Å². The van der Waals surface area contributed by atoms with Crippen LogP contribution in [0.5, 0.6) is 5.75 Å². The zero-order chi connectivity index (χ0) is 13.6. The average Bonchev–Trinajstić information content (AvgIpc) is 2.84. The molecule has 1 aromatic heterocycles. The van der Waals surface area contributed by atoms with Gasteiger partial charge in [0.1, 0.15) is 21.6 Å². The normalized spacial score (nSPS) is 29.3. The molecule has 3 rings (SSSR count). The van der Waals surface area contributed by atoms with Crippen molar-refractivity contribution < 1.29 is 9.84 Å². The summed E-state index contributed by atoms with van der Waals surface area (Å²) in [5, 5.41) is 19.9. The van der Waals surface area contributed by atoms with Crippen molar-refractivity contribution in [2.75, 3.05) is 17.7 Å². The van der Waals surface area contributed by atoms with Crippen LogP contribution in [0, 0.1) is 11.3 Å². The van der Waals surface area contributed by atoms with Gasteiger partial charge in [-0.3, -0.25) is 0 Å². The van der Waals surface area contributed by atoms with E-state index in [4.69, 9.17) is 15.7 Å². The van der Waals surface area contributed by atoms with Gasteiger partial charge in [0.15, 0.2) is 5.75 Å². The molecule has 0 spiro atoms. The first-order valence-corrected chi connectivity index (χ1v) is 7.30. The number of nitriles is 1. The number of aliphatic hydroxyl groups is 1. The highest BCUT2D eigenvalue weighted by Gasteiger charge is 2.42. The maximum atomic E-state index is 9.86. The monoisotopic (exact) mass is 279 g/mol. The molecule has 0 radical (unpaired) electrons. The smallest absolute Gasteiger partial charge is 0.177 e. The van der Waals surface area contributed by atoms with Crippen LogP contribution in [0.3, 0.4) is 0 Å². The van der Waals surface area contributed by atoms with Crippen LogP contribution in [0.1, 0.15) is 30.6 Å². The summed E-state index contributed by atoms with van der Waals surface area (Å²) in [7, 11) is 1.59. The van der Waals surface area contributed by atoms with Crippen LogP contribution in [0.25, 0.3) is 0 Å². The molecule has 1 aromatic rings. The molecule has 2 aliphatic rings. The van der Waals surface area contributed by atoms with Crippen LogP contribution in [-0.4, -0.2) is 30.4 Å². The second-order valence-electron chi connectivity index (χ2n) is 5.21. The van der Waals surface area contributed by atoms with Crippen molar-refractivity contribution in [2.24, 2.45) is 0 Å². The fourth-order valence-corrected chi connectivity index (χ4v) is 4.48. The second kappa shape index (κ2) is 4.58. The number of anilines is 2. The van der Waals surface area contributed by atoms with Gasteiger partial charge in [-0.1, -0.05) is 0 Å². The van der Waals surface area contributed by atoms with Gasteiger partial charge in [0.25, 0.3) is 0 Å². The first kappa shape index (κ1) is 12.6. The maximum absolute atomic E-state index is 9.86. The van der Waals surface area contributed by atoms with Crippen LogP contribution >= 0.6 is 11.3 Å². The molecule has 5 nitrogen and oxygen atoms in total. The molecular weight excluding hydrogens is 262 g/mol. The van der Waals surface area contributed by atoms with Gasteiger partial charge < -0.3 is 20.5 Å². The minimum Gasteiger partial charge on any atom is -0.492 e.